The van der Waals surface area contributed by atoms with Crippen molar-refractivity contribution >= 4 is 33.6 Å². The fourth-order valence-electron chi connectivity index (χ4n) is 2.77. The van der Waals surface area contributed by atoms with E-state index in [-0.39, 0.29) is 17.0 Å². The van der Waals surface area contributed by atoms with Crippen molar-refractivity contribution < 1.29 is 9.72 Å². The Morgan fingerprint density at radius 2 is 2.32 bits per heavy atom. The lowest BCUT2D eigenvalue weighted by Gasteiger charge is -2.30. The van der Waals surface area contributed by atoms with Gasteiger partial charge >= 0.3 is 5.00 Å². The van der Waals surface area contributed by atoms with Crippen LogP contribution in [-0.4, -0.2) is 27.8 Å². The molecule has 6 nitrogen and oxygen atoms in total. The Kier molecular flexibility index (Phi) is 3.96. The molecule has 1 aliphatic rings. The highest BCUT2D eigenvalue weighted by molar-refractivity contribution is 7.13. The summed E-state index contributed by atoms with van der Waals surface area (Å²) in [6, 6.07) is 1.37. The van der Waals surface area contributed by atoms with Crippen LogP contribution in [-0.2, 0) is 6.42 Å². The molecule has 0 aliphatic heterocycles. The lowest BCUT2D eigenvalue weighted by atomic mass is 9.96. The first kappa shape index (κ1) is 15.1. The number of thiazole rings is 1. The van der Waals surface area contributed by atoms with Gasteiger partial charge in [0.1, 0.15) is 0 Å². The van der Waals surface area contributed by atoms with Gasteiger partial charge in [-0.25, -0.2) is 4.98 Å². The average molecular weight is 337 g/mol. The number of nitro groups is 1. The van der Waals surface area contributed by atoms with Crippen molar-refractivity contribution in [3.63, 3.8) is 0 Å². The second-order valence-electron chi connectivity index (χ2n) is 5.30. The number of thiophene rings is 1. The Morgan fingerprint density at radius 3 is 3.00 bits per heavy atom. The van der Waals surface area contributed by atoms with E-state index in [0.717, 1.165) is 46.2 Å². The van der Waals surface area contributed by atoms with Gasteiger partial charge < -0.3 is 4.90 Å². The number of carbonyl (C=O) groups is 1. The quantitative estimate of drug-likeness (QED) is 0.634. The van der Waals surface area contributed by atoms with Crippen molar-refractivity contribution in [3.05, 3.63) is 42.7 Å². The van der Waals surface area contributed by atoms with E-state index in [1.165, 1.54) is 6.07 Å². The fraction of sp³-hybridized carbons (Fsp3) is 0.429. The van der Waals surface area contributed by atoms with E-state index >= 15 is 0 Å². The van der Waals surface area contributed by atoms with Crippen LogP contribution in [0, 0.1) is 17.0 Å². The SMILES string of the molecule is Cc1nc2c(s1)C(N(C)C(=O)c1csc([N+](=O)[O-])c1)CCC2. The smallest absolute Gasteiger partial charge is 0.324 e. The van der Waals surface area contributed by atoms with E-state index in [1.807, 2.05) is 6.92 Å². The molecule has 1 amide bonds. The molecular formula is C14H15N3O3S2. The van der Waals surface area contributed by atoms with Gasteiger partial charge in [0.15, 0.2) is 0 Å². The van der Waals surface area contributed by atoms with Crippen molar-refractivity contribution in [2.24, 2.45) is 0 Å². The summed E-state index contributed by atoms with van der Waals surface area (Å²) >= 11 is 2.62. The molecular weight excluding hydrogens is 322 g/mol. The van der Waals surface area contributed by atoms with Crippen LogP contribution >= 0.6 is 22.7 Å². The minimum Gasteiger partial charge on any atom is -0.334 e. The van der Waals surface area contributed by atoms with E-state index in [0.29, 0.717) is 5.56 Å². The number of carbonyl (C=O) groups excluding carboxylic acids is 1. The normalized spacial score (nSPS) is 17.1. The monoisotopic (exact) mass is 337 g/mol. The summed E-state index contributed by atoms with van der Waals surface area (Å²) in [7, 11) is 1.76. The summed E-state index contributed by atoms with van der Waals surface area (Å²) in [4.78, 5) is 30.3. The van der Waals surface area contributed by atoms with E-state index < -0.39 is 4.92 Å². The van der Waals surface area contributed by atoms with Gasteiger partial charge in [-0.15, -0.1) is 11.3 Å². The molecule has 0 fully saturated rings. The predicted octanol–water partition coefficient (Wildman–Crippen LogP) is 3.57. The molecule has 0 saturated carbocycles. The number of amides is 1. The van der Waals surface area contributed by atoms with Crippen molar-refractivity contribution in [1.82, 2.24) is 9.88 Å². The van der Waals surface area contributed by atoms with Gasteiger partial charge in [0.25, 0.3) is 5.91 Å². The number of aryl methyl sites for hydroxylation is 2. The molecule has 0 N–H and O–H groups in total. The predicted molar refractivity (Wildman–Crippen MR) is 85.6 cm³/mol. The van der Waals surface area contributed by atoms with E-state index in [1.54, 1.807) is 28.7 Å². The number of hydrogen-bond donors (Lipinski definition) is 0. The Morgan fingerprint density at radius 1 is 1.55 bits per heavy atom. The van der Waals surface area contributed by atoms with Gasteiger partial charge in [-0.3, -0.25) is 14.9 Å². The van der Waals surface area contributed by atoms with Gasteiger partial charge in [0.2, 0.25) is 0 Å². The van der Waals surface area contributed by atoms with Crippen LogP contribution in [0.1, 0.15) is 44.8 Å². The van der Waals surface area contributed by atoms with Gasteiger partial charge in [-0.2, -0.15) is 0 Å². The third-order valence-electron chi connectivity index (χ3n) is 3.83. The van der Waals surface area contributed by atoms with Crippen LogP contribution in [0.4, 0.5) is 5.00 Å². The Labute approximate surface area is 135 Å². The van der Waals surface area contributed by atoms with Crippen LogP contribution < -0.4 is 0 Å². The molecule has 2 aromatic heterocycles. The number of rotatable bonds is 3. The van der Waals surface area contributed by atoms with Gasteiger partial charge in [0.05, 0.1) is 32.1 Å². The highest BCUT2D eigenvalue weighted by atomic mass is 32.1. The number of aromatic nitrogens is 1. The molecule has 22 heavy (non-hydrogen) atoms. The molecule has 0 spiro atoms. The van der Waals surface area contributed by atoms with Crippen molar-refractivity contribution in [2.45, 2.75) is 32.2 Å². The Hall–Kier alpha value is -1.80. The molecule has 8 heteroatoms. The van der Waals surface area contributed by atoms with Gasteiger partial charge in [-0.05, 0) is 26.2 Å². The highest BCUT2D eigenvalue weighted by Gasteiger charge is 2.30. The molecule has 0 aromatic carbocycles. The van der Waals surface area contributed by atoms with E-state index in [2.05, 4.69) is 4.98 Å². The van der Waals surface area contributed by atoms with Crippen molar-refractivity contribution in [1.29, 1.82) is 0 Å². The highest BCUT2D eigenvalue weighted by Crippen LogP contribution is 2.38. The third-order valence-corrected chi connectivity index (χ3v) is 5.82. The van der Waals surface area contributed by atoms with Gasteiger partial charge in [-0.1, -0.05) is 11.3 Å². The zero-order valence-electron chi connectivity index (χ0n) is 12.2. The van der Waals surface area contributed by atoms with Gasteiger partial charge in [0, 0.05) is 18.5 Å². The maximum absolute atomic E-state index is 12.6. The number of fused-ring (bicyclic) bond motifs is 1. The number of nitrogens with zero attached hydrogens (tertiary/aromatic N) is 3. The Balaban J connectivity index is 1.85. The van der Waals surface area contributed by atoms with Crippen LogP contribution in [0.2, 0.25) is 0 Å². The summed E-state index contributed by atoms with van der Waals surface area (Å²) in [5.74, 6) is -0.173. The molecule has 116 valence electrons. The molecule has 2 heterocycles. The molecule has 0 bridgehead atoms. The van der Waals surface area contributed by atoms with E-state index in [4.69, 9.17) is 0 Å². The average Bonchev–Trinajstić information content (AvgIpc) is 3.10. The number of hydrogen-bond acceptors (Lipinski definition) is 6. The third kappa shape index (κ3) is 2.64. The maximum Gasteiger partial charge on any atom is 0.324 e. The van der Waals surface area contributed by atoms with Crippen LogP contribution in [0.15, 0.2) is 11.4 Å². The lowest BCUT2D eigenvalue weighted by Crippen LogP contribution is -2.32. The van der Waals surface area contributed by atoms with Crippen molar-refractivity contribution in [2.75, 3.05) is 7.05 Å². The maximum atomic E-state index is 12.6. The van der Waals surface area contributed by atoms with Crippen LogP contribution in [0.3, 0.4) is 0 Å². The molecule has 1 aliphatic carbocycles. The first-order chi connectivity index (χ1) is 10.5. The first-order valence-electron chi connectivity index (χ1n) is 6.93. The molecule has 0 saturated heterocycles. The molecule has 0 radical (unpaired) electrons. The second kappa shape index (κ2) is 5.77. The first-order valence-corrected chi connectivity index (χ1v) is 8.63. The Bertz CT molecular complexity index is 738. The zero-order chi connectivity index (χ0) is 15.9. The minimum atomic E-state index is -0.466. The molecule has 2 aromatic rings. The minimum absolute atomic E-state index is 0.00489. The summed E-state index contributed by atoms with van der Waals surface area (Å²) in [6.07, 6.45) is 2.87. The summed E-state index contributed by atoms with van der Waals surface area (Å²) in [5, 5.41) is 13.3. The van der Waals surface area contributed by atoms with Crippen LogP contribution in [0.25, 0.3) is 0 Å². The summed E-state index contributed by atoms with van der Waals surface area (Å²) < 4.78 is 0. The summed E-state index contributed by atoms with van der Waals surface area (Å²) in [6.45, 7) is 1.98. The molecule has 1 atom stereocenters. The molecule has 3 rings (SSSR count). The fourth-order valence-corrected chi connectivity index (χ4v) is 4.62. The largest absolute Gasteiger partial charge is 0.334 e. The van der Waals surface area contributed by atoms with E-state index in [9.17, 15) is 14.9 Å². The van der Waals surface area contributed by atoms with Crippen LogP contribution in [0.5, 0.6) is 0 Å². The standard InChI is InChI=1S/C14H15N3O3S2/c1-8-15-10-4-3-5-11(13(10)22-8)16(2)14(18)9-6-12(17(19)20)21-7-9/h6-7,11H,3-5H2,1-2H3. The topological polar surface area (TPSA) is 76.3 Å². The second-order valence-corrected chi connectivity index (χ2v) is 7.42. The lowest BCUT2D eigenvalue weighted by molar-refractivity contribution is -0.380. The van der Waals surface area contributed by atoms with Crippen molar-refractivity contribution in [3.8, 4) is 0 Å². The zero-order valence-corrected chi connectivity index (χ0v) is 13.9. The summed E-state index contributed by atoms with van der Waals surface area (Å²) in [5.41, 5.74) is 1.47. The molecule has 1 unspecified atom stereocenters.